The Labute approximate surface area is 263 Å². The van der Waals surface area contributed by atoms with Gasteiger partial charge in [0.2, 0.25) is 11.9 Å². The lowest BCUT2D eigenvalue weighted by atomic mass is 10.1. The summed E-state index contributed by atoms with van der Waals surface area (Å²) < 4.78 is 68.6. The highest BCUT2D eigenvalue weighted by Crippen LogP contribution is 2.37. The van der Waals surface area contributed by atoms with Gasteiger partial charge in [-0.15, -0.1) is 10.2 Å². The number of aromatic nitrogens is 3. The zero-order chi connectivity index (χ0) is 34.1. The molecule has 47 heavy (non-hydrogen) atoms. The van der Waals surface area contributed by atoms with Crippen molar-refractivity contribution in [2.75, 3.05) is 10.6 Å². The van der Waals surface area contributed by atoms with Crippen molar-refractivity contribution in [3.05, 3.63) is 83.9 Å². The van der Waals surface area contributed by atoms with E-state index in [1.807, 2.05) is 0 Å². The number of carboxylic acid groups (broad SMARTS) is 2. The third-order valence-electron chi connectivity index (χ3n) is 6.26. The monoisotopic (exact) mass is 681 g/mol. The first kappa shape index (κ1) is 32.3. The van der Waals surface area contributed by atoms with Gasteiger partial charge in [0.05, 0.1) is 27.4 Å². The summed E-state index contributed by atoms with van der Waals surface area (Å²) in [6, 6.07) is 14.0. The third-order valence-corrected chi connectivity index (χ3v) is 7.97. The topological polar surface area (TPSA) is 291 Å². The molecule has 0 saturated heterocycles. The Balaban J connectivity index is 1.67. The van der Waals surface area contributed by atoms with Gasteiger partial charge in [-0.25, -0.2) is 9.59 Å². The molecule has 0 unspecified atom stereocenters. The van der Waals surface area contributed by atoms with Gasteiger partial charge in [0.1, 0.15) is 16.3 Å². The molecule has 20 heteroatoms. The first-order valence-corrected chi connectivity index (χ1v) is 15.6. The van der Waals surface area contributed by atoms with E-state index >= 15 is 0 Å². The van der Waals surface area contributed by atoms with Gasteiger partial charge in [-0.2, -0.15) is 31.8 Å². The van der Waals surface area contributed by atoms with Crippen molar-refractivity contribution >= 4 is 77.6 Å². The molecule has 0 aliphatic carbocycles. The molecule has 1 aromatic heterocycles. The van der Waals surface area contributed by atoms with Crippen LogP contribution in [0, 0.1) is 0 Å². The van der Waals surface area contributed by atoms with Gasteiger partial charge < -0.3 is 26.0 Å². The van der Waals surface area contributed by atoms with E-state index in [0.29, 0.717) is 0 Å². The maximum absolute atomic E-state index is 12.3. The summed E-state index contributed by atoms with van der Waals surface area (Å²) >= 11 is 0. The van der Waals surface area contributed by atoms with E-state index in [4.69, 9.17) is 0 Å². The molecule has 4 aromatic carbocycles. The summed E-state index contributed by atoms with van der Waals surface area (Å²) in [5, 5.41) is 41.8. The predicted molar refractivity (Wildman–Crippen MR) is 163 cm³/mol. The minimum absolute atomic E-state index is 0.00379. The second kappa shape index (κ2) is 12.4. The Hall–Kier alpha value is -6.09. The van der Waals surface area contributed by atoms with E-state index < -0.39 is 59.6 Å². The van der Waals surface area contributed by atoms with Gasteiger partial charge in [-0.3, -0.25) is 9.11 Å². The Bertz CT molecular complexity index is 2350. The molecule has 7 N–H and O–H groups in total. The molecule has 1 heterocycles. The molecule has 0 atom stereocenters. The highest BCUT2D eigenvalue weighted by molar-refractivity contribution is 7.86. The molecule has 240 valence electrons. The largest absolute Gasteiger partial charge is 0.479 e. The molecule has 5 aromatic rings. The zero-order valence-electron chi connectivity index (χ0n) is 23.2. The van der Waals surface area contributed by atoms with Crippen LogP contribution in [0.5, 0.6) is 6.01 Å². The van der Waals surface area contributed by atoms with Crippen LogP contribution in [0.4, 0.5) is 34.6 Å². The number of hydrogen-bond acceptors (Lipinski definition) is 14. The van der Waals surface area contributed by atoms with Crippen LogP contribution in [0.3, 0.4) is 0 Å². The summed E-state index contributed by atoms with van der Waals surface area (Å²) in [5.74, 6) is -3.40. The third kappa shape index (κ3) is 7.26. The molecule has 0 radical (unpaired) electrons. The van der Waals surface area contributed by atoms with Crippen molar-refractivity contribution in [1.29, 1.82) is 0 Å². The Morgan fingerprint density at radius 2 is 1.23 bits per heavy atom. The van der Waals surface area contributed by atoms with Gasteiger partial charge in [0.25, 0.3) is 20.2 Å². The molecule has 0 saturated carbocycles. The molecule has 18 nitrogen and oxygen atoms in total. The smallest absolute Gasteiger partial charge is 0.337 e. The van der Waals surface area contributed by atoms with E-state index in [2.05, 4.69) is 35.8 Å². The van der Waals surface area contributed by atoms with E-state index in [0.717, 1.165) is 24.3 Å². The minimum atomic E-state index is -5.05. The van der Waals surface area contributed by atoms with Crippen molar-refractivity contribution in [3.8, 4) is 6.01 Å². The number of fused-ring (bicyclic) bond motifs is 1. The average Bonchev–Trinajstić information content (AvgIpc) is 2.98. The summed E-state index contributed by atoms with van der Waals surface area (Å²) in [5.41, 5.74) is -1.25. The molecule has 5 rings (SSSR count). The Morgan fingerprint density at radius 3 is 1.85 bits per heavy atom. The maximum atomic E-state index is 12.3. The molecular weight excluding hydrogens is 662 g/mol. The number of rotatable bonds is 10. The highest BCUT2D eigenvalue weighted by Gasteiger charge is 2.22. The summed E-state index contributed by atoms with van der Waals surface area (Å²) in [4.78, 5) is 33.1. The van der Waals surface area contributed by atoms with Gasteiger partial charge in [-0.05, 0) is 53.9 Å². The first-order valence-electron chi connectivity index (χ1n) is 12.7. The van der Waals surface area contributed by atoms with Gasteiger partial charge >= 0.3 is 17.9 Å². The van der Waals surface area contributed by atoms with Crippen molar-refractivity contribution in [2.24, 2.45) is 10.2 Å². The van der Waals surface area contributed by atoms with Crippen LogP contribution in [0.15, 0.2) is 92.8 Å². The van der Waals surface area contributed by atoms with Gasteiger partial charge in [0, 0.05) is 5.39 Å². The van der Waals surface area contributed by atoms with Crippen LogP contribution in [0.1, 0.15) is 20.7 Å². The molecular formula is C27H19N7O11S2. The van der Waals surface area contributed by atoms with Crippen molar-refractivity contribution < 1.29 is 50.8 Å². The minimum Gasteiger partial charge on any atom is -0.479 e. The fourth-order valence-electron chi connectivity index (χ4n) is 4.23. The quantitative estimate of drug-likeness (QED) is 0.0787. The number of nitrogens with one attached hydrogen (secondary N) is 2. The fraction of sp³-hybridized carbons (Fsp3) is 0. The zero-order valence-corrected chi connectivity index (χ0v) is 24.8. The number of azo groups is 1. The Kier molecular flexibility index (Phi) is 8.50. The Morgan fingerprint density at radius 1 is 0.660 bits per heavy atom. The van der Waals surface area contributed by atoms with E-state index in [9.17, 15) is 50.8 Å². The van der Waals surface area contributed by atoms with Crippen molar-refractivity contribution in [1.82, 2.24) is 15.0 Å². The molecule has 0 amide bonds. The number of aromatic hydroxyl groups is 1. The fourth-order valence-corrected chi connectivity index (χ4v) is 5.42. The van der Waals surface area contributed by atoms with Crippen molar-refractivity contribution in [3.63, 3.8) is 0 Å². The van der Waals surface area contributed by atoms with Crippen LogP contribution in [-0.4, -0.2) is 68.2 Å². The van der Waals surface area contributed by atoms with E-state index in [1.54, 1.807) is 0 Å². The van der Waals surface area contributed by atoms with Gasteiger partial charge in [0.15, 0.2) is 0 Å². The number of para-hydroxylation sites is 1. The number of hydrogen-bond donors (Lipinski definition) is 7. The molecule has 0 bridgehead atoms. The molecule has 0 aliphatic heterocycles. The van der Waals surface area contributed by atoms with Crippen LogP contribution in [0.2, 0.25) is 0 Å². The number of anilines is 4. The number of benzene rings is 4. The SMILES string of the molecule is O=C(O)c1ccccc1/N=N/c1cc2c(Nc3nc(O)nc(Nc4ccccc4C(=O)O)n3)cc(S(=O)(=O)O)cc2cc1S(=O)(=O)O. The van der Waals surface area contributed by atoms with Crippen LogP contribution < -0.4 is 10.6 Å². The number of aromatic carboxylic acids is 2. The lowest BCUT2D eigenvalue weighted by Gasteiger charge is -2.14. The normalized spacial score (nSPS) is 11.9. The van der Waals surface area contributed by atoms with Crippen molar-refractivity contribution in [2.45, 2.75) is 9.79 Å². The highest BCUT2D eigenvalue weighted by atomic mass is 32.2. The summed E-state index contributed by atoms with van der Waals surface area (Å²) in [6.07, 6.45) is 0. The molecule has 0 aliphatic rings. The summed E-state index contributed by atoms with van der Waals surface area (Å²) in [7, 11) is -9.96. The van der Waals surface area contributed by atoms with Crippen LogP contribution >= 0.6 is 0 Å². The lowest BCUT2D eigenvalue weighted by Crippen LogP contribution is -2.07. The van der Waals surface area contributed by atoms with Crippen LogP contribution in [-0.2, 0) is 20.2 Å². The maximum Gasteiger partial charge on any atom is 0.337 e. The van der Waals surface area contributed by atoms with Crippen LogP contribution in [0.25, 0.3) is 10.8 Å². The van der Waals surface area contributed by atoms with E-state index in [1.165, 1.54) is 48.5 Å². The standard InChI is InChI=1S/C27H19N7O11S2/c35-23(36)15-5-1-3-7-18(15)28-25-30-26(32-27(39)31-25)29-20-11-14(46(40,41)42)9-13-10-22(47(43,44)45)21(12-17(13)20)34-33-19-8-4-2-6-16(19)24(37)38/h1-12H,(H,35,36)(H,37,38)(H,40,41,42)(H,43,44,45)(H3,28,29,30,31,32,39)/b34-33+. The summed E-state index contributed by atoms with van der Waals surface area (Å²) in [6.45, 7) is 0. The molecule has 0 fully saturated rings. The number of carbonyl (C=O) groups is 2. The van der Waals surface area contributed by atoms with Gasteiger partial charge in [-0.1, -0.05) is 24.3 Å². The second-order valence-corrected chi connectivity index (χ2v) is 12.2. The number of carboxylic acids is 2. The second-order valence-electron chi connectivity index (χ2n) is 9.37. The van der Waals surface area contributed by atoms with E-state index in [-0.39, 0.29) is 44.9 Å². The molecule has 0 spiro atoms. The first-order chi connectivity index (χ1) is 22.1. The predicted octanol–water partition coefficient (Wildman–Crippen LogP) is 4.52. The average molecular weight is 682 g/mol. The number of nitrogens with zero attached hydrogens (tertiary/aromatic N) is 5. The lowest BCUT2D eigenvalue weighted by molar-refractivity contribution is 0.0687.